The number of fused-ring (bicyclic) bond motifs is 2. The number of pyridine rings is 1. The van der Waals surface area contributed by atoms with Gasteiger partial charge in [-0.15, -0.1) is 0 Å². The van der Waals surface area contributed by atoms with Crippen molar-refractivity contribution in [2.45, 2.75) is 24.8 Å². The van der Waals surface area contributed by atoms with E-state index in [0.29, 0.717) is 6.54 Å². The molecular formula is C17H18N4O2S. The summed E-state index contributed by atoms with van der Waals surface area (Å²) in [4.78, 5) is 6.94. The van der Waals surface area contributed by atoms with E-state index >= 15 is 0 Å². The monoisotopic (exact) mass is 342 g/mol. The first-order valence-corrected chi connectivity index (χ1v) is 9.30. The van der Waals surface area contributed by atoms with Crippen molar-refractivity contribution in [2.24, 2.45) is 5.14 Å². The van der Waals surface area contributed by atoms with E-state index in [-0.39, 0.29) is 4.90 Å². The van der Waals surface area contributed by atoms with Crippen LogP contribution in [0.2, 0.25) is 0 Å². The van der Waals surface area contributed by atoms with Gasteiger partial charge in [0.2, 0.25) is 10.0 Å². The molecule has 1 aliphatic rings. The summed E-state index contributed by atoms with van der Waals surface area (Å²) < 4.78 is 25.2. The lowest BCUT2D eigenvalue weighted by molar-refractivity contribution is 0.598. The van der Waals surface area contributed by atoms with Crippen LogP contribution >= 0.6 is 0 Å². The van der Waals surface area contributed by atoms with E-state index in [0.717, 1.165) is 35.6 Å². The van der Waals surface area contributed by atoms with Gasteiger partial charge in [-0.2, -0.15) is 0 Å². The van der Waals surface area contributed by atoms with Crippen LogP contribution in [-0.4, -0.2) is 24.3 Å². The number of rotatable bonds is 3. The molecule has 1 aliphatic heterocycles. The van der Waals surface area contributed by atoms with Gasteiger partial charge in [0.25, 0.3) is 0 Å². The topological polar surface area (TPSA) is 80.7 Å². The highest BCUT2D eigenvalue weighted by atomic mass is 32.2. The number of nitrogens with zero attached hydrogens (tertiary/aromatic N) is 3. The molecular weight excluding hydrogens is 324 g/mol. The third kappa shape index (κ3) is 2.65. The zero-order chi connectivity index (χ0) is 16.9. The molecule has 0 unspecified atom stereocenters. The Morgan fingerprint density at radius 3 is 2.83 bits per heavy atom. The van der Waals surface area contributed by atoms with Gasteiger partial charge in [-0.3, -0.25) is 0 Å². The number of sulfonamides is 1. The zero-order valence-corrected chi connectivity index (χ0v) is 14.1. The Labute approximate surface area is 140 Å². The highest BCUT2D eigenvalue weighted by molar-refractivity contribution is 7.89. The van der Waals surface area contributed by atoms with Gasteiger partial charge >= 0.3 is 0 Å². The summed E-state index contributed by atoms with van der Waals surface area (Å²) in [5, 5.41) is 5.25. The second-order valence-corrected chi connectivity index (χ2v) is 7.77. The fourth-order valence-corrected chi connectivity index (χ4v) is 3.73. The molecule has 2 aromatic heterocycles. The molecule has 0 fully saturated rings. The molecule has 2 N–H and O–H groups in total. The molecule has 7 heteroatoms. The molecule has 0 atom stereocenters. The van der Waals surface area contributed by atoms with Crippen molar-refractivity contribution in [1.29, 1.82) is 0 Å². The highest BCUT2D eigenvalue weighted by Gasteiger charge is 2.22. The fourth-order valence-electron chi connectivity index (χ4n) is 3.19. The molecule has 0 bridgehead atoms. The van der Waals surface area contributed by atoms with Crippen LogP contribution in [0.5, 0.6) is 0 Å². The van der Waals surface area contributed by atoms with Gasteiger partial charge in [0.05, 0.1) is 17.1 Å². The number of nitrogens with two attached hydrogens (primary N) is 1. The van der Waals surface area contributed by atoms with Crippen LogP contribution in [0, 0.1) is 6.92 Å². The van der Waals surface area contributed by atoms with Crippen molar-refractivity contribution in [1.82, 2.24) is 9.38 Å². The fraction of sp³-hybridized carbons (Fsp3) is 0.235. The lowest BCUT2D eigenvalue weighted by atomic mass is 10.2. The second kappa shape index (κ2) is 5.32. The van der Waals surface area contributed by atoms with Crippen molar-refractivity contribution in [3.05, 3.63) is 59.5 Å². The zero-order valence-electron chi connectivity index (χ0n) is 13.3. The van der Waals surface area contributed by atoms with Crippen LogP contribution in [0.1, 0.15) is 16.8 Å². The first-order valence-electron chi connectivity index (χ1n) is 7.75. The molecule has 24 heavy (non-hydrogen) atoms. The predicted octanol–water partition coefficient (Wildman–Crippen LogP) is 1.85. The van der Waals surface area contributed by atoms with Crippen LogP contribution in [0.25, 0.3) is 5.65 Å². The van der Waals surface area contributed by atoms with Crippen LogP contribution in [0.4, 0.5) is 5.69 Å². The molecule has 1 aromatic carbocycles. The molecule has 0 saturated carbocycles. The van der Waals surface area contributed by atoms with Crippen molar-refractivity contribution in [2.75, 3.05) is 11.4 Å². The summed E-state index contributed by atoms with van der Waals surface area (Å²) in [6, 6.07) is 9.12. The lowest BCUT2D eigenvalue weighted by Gasteiger charge is -2.18. The average molecular weight is 342 g/mol. The lowest BCUT2D eigenvalue weighted by Crippen LogP contribution is -2.20. The summed E-state index contributed by atoms with van der Waals surface area (Å²) in [5.74, 6) is 0. The summed E-state index contributed by atoms with van der Waals surface area (Å²) in [7, 11) is -3.69. The van der Waals surface area contributed by atoms with Gasteiger partial charge in [-0.1, -0.05) is 12.1 Å². The van der Waals surface area contributed by atoms with Gasteiger partial charge in [-0.25, -0.2) is 18.5 Å². The number of imidazole rings is 1. The molecule has 0 aliphatic carbocycles. The Morgan fingerprint density at radius 2 is 2.04 bits per heavy atom. The predicted molar refractivity (Wildman–Crippen MR) is 92.5 cm³/mol. The first-order chi connectivity index (χ1) is 11.4. The minimum atomic E-state index is -3.69. The largest absolute Gasteiger partial charge is 0.365 e. The molecule has 6 nitrogen and oxygen atoms in total. The Hall–Kier alpha value is -2.38. The maximum Gasteiger partial charge on any atom is 0.238 e. The number of primary sulfonamides is 1. The van der Waals surface area contributed by atoms with Gasteiger partial charge in [-0.05, 0) is 42.7 Å². The Bertz CT molecular complexity index is 1040. The summed E-state index contributed by atoms with van der Waals surface area (Å²) in [6.45, 7) is 3.53. The molecule has 3 heterocycles. The number of hydrogen-bond acceptors (Lipinski definition) is 4. The Morgan fingerprint density at radius 1 is 1.21 bits per heavy atom. The first kappa shape index (κ1) is 15.2. The highest BCUT2D eigenvalue weighted by Crippen LogP contribution is 2.31. The van der Waals surface area contributed by atoms with Gasteiger partial charge in [0, 0.05) is 24.6 Å². The number of hydrogen-bond donors (Lipinski definition) is 1. The summed E-state index contributed by atoms with van der Waals surface area (Å²) in [6.07, 6.45) is 4.96. The van der Waals surface area contributed by atoms with Crippen LogP contribution in [-0.2, 0) is 23.0 Å². The van der Waals surface area contributed by atoms with Crippen LogP contribution in [0.15, 0.2) is 47.6 Å². The van der Waals surface area contributed by atoms with Crippen molar-refractivity contribution in [3.63, 3.8) is 0 Å². The quantitative estimate of drug-likeness (QED) is 0.788. The van der Waals surface area contributed by atoms with E-state index < -0.39 is 10.0 Å². The number of aromatic nitrogens is 2. The third-order valence-corrected chi connectivity index (χ3v) is 5.29. The van der Waals surface area contributed by atoms with Crippen molar-refractivity contribution in [3.8, 4) is 0 Å². The summed E-state index contributed by atoms with van der Waals surface area (Å²) in [5.41, 5.74) is 5.11. The second-order valence-electron chi connectivity index (χ2n) is 6.21. The van der Waals surface area contributed by atoms with E-state index in [1.807, 2.05) is 41.9 Å². The average Bonchev–Trinajstić information content (AvgIpc) is 3.09. The normalized spacial score (nSPS) is 14.3. The van der Waals surface area contributed by atoms with Crippen LogP contribution < -0.4 is 10.0 Å². The smallest absolute Gasteiger partial charge is 0.238 e. The minimum Gasteiger partial charge on any atom is -0.365 e. The van der Waals surface area contributed by atoms with E-state index in [2.05, 4.69) is 9.88 Å². The van der Waals surface area contributed by atoms with E-state index in [1.54, 1.807) is 12.1 Å². The van der Waals surface area contributed by atoms with Crippen molar-refractivity contribution < 1.29 is 8.42 Å². The van der Waals surface area contributed by atoms with Crippen LogP contribution in [0.3, 0.4) is 0 Å². The minimum absolute atomic E-state index is 0.152. The number of anilines is 1. The van der Waals surface area contributed by atoms with Gasteiger partial charge in [0.15, 0.2) is 0 Å². The number of aryl methyl sites for hydroxylation is 1. The Balaban J connectivity index is 1.67. The molecule has 0 saturated heterocycles. The molecule has 0 radical (unpaired) electrons. The number of benzene rings is 1. The summed E-state index contributed by atoms with van der Waals surface area (Å²) >= 11 is 0. The molecule has 3 aromatic rings. The SMILES string of the molecule is Cc1ccc2nc(CN3CCc4ccc(S(N)(=O)=O)cc43)cn2c1. The third-order valence-electron chi connectivity index (χ3n) is 4.38. The standard InChI is InChI=1S/C17H18N4O2S/c1-12-2-5-17-19-14(11-21(17)9-12)10-20-7-6-13-3-4-15(8-16(13)20)24(18,22)23/h2-5,8-9,11H,6-7,10H2,1H3,(H2,18,22,23). The van der Waals surface area contributed by atoms with Crippen molar-refractivity contribution >= 4 is 21.4 Å². The van der Waals surface area contributed by atoms with E-state index in [1.165, 1.54) is 5.56 Å². The Kier molecular flexibility index (Phi) is 3.36. The molecule has 0 spiro atoms. The molecule has 124 valence electrons. The maximum atomic E-state index is 11.6. The molecule has 0 amide bonds. The van der Waals surface area contributed by atoms with Gasteiger partial charge < -0.3 is 9.30 Å². The van der Waals surface area contributed by atoms with E-state index in [9.17, 15) is 8.42 Å². The maximum absolute atomic E-state index is 11.6. The van der Waals surface area contributed by atoms with Gasteiger partial charge in [0.1, 0.15) is 5.65 Å². The van der Waals surface area contributed by atoms with E-state index in [4.69, 9.17) is 5.14 Å². The molecule has 4 rings (SSSR count).